The number of halogens is 4. The first-order valence-corrected chi connectivity index (χ1v) is 9.89. The largest absolute Gasteiger partial charge is 0.418 e. The Balaban J connectivity index is 1.85. The molecular weight excluding hydrogens is 443 g/mol. The normalized spacial score (nSPS) is 12.6. The third-order valence-electron chi connectivity index (χ3n) is 5.04. The molecule has 4 aromatic rings. The minimum absolute atomic E-state index is 0.177. The van der Waals surface area contributed by atoms with Gasteiger partial charge < -0.3 is 4.98 Å². The molecule has 0 aliphatic rings. The summed E-state index contributed by atoms with van der Waals surface area (Å²) in [4.78, 5) is 34.9. The summed E-state index contributed by atoms with van der Waals surface area (Å²) in [5, 5.41) is 1.08. The number of ketones is 1. The predicted molar refractivity (Wildman–Crippen MR) is 114 cm³/mol. The van der Waals surface area contributed by atoms with E-state index >= 15 is 0 Å². The predicted octanol–water partition coefficient (Wildman–Crippen LogP) is 5.40. The first-order valence-electron chi connectivity index (χ1n) is 9.51. The summed E-state index contributed by atoms with van der Waals surface area (Å²) in [6, 6.07) is 11.3. The van der Waals surface area contributed by atoms with Gasteiger partial charge in [-0.2, -0.15) is 13.2 Å². The molecular formula is C23H15ClF3N3O2. The number of benzene rings is 1. The van der Waals surface area contributed by atoms with Gasteiger partial charge in [0.15, 0.2) is 5.78 Å². The zero-order valence-electron chi connectivity index (χ0n) is 16.4. The van der Waals surface area contributed by atoms with E-state index in [0.717, 1.165) is 6.07 Å². The Morgan fingerprint density at radius 3 is 2.62 bits per heavy atom. The molecule has 1 atom stereocenters. The number of rotatable bonds is 5. The van der Waals surface area contributed by atoms with E-state index in [1.807, 2.05) is 0 Å². The van der Waals surface area contributed by atoms with E-state index in [4.69, 9.17) is 11.6 Å². The second-order valence-electron chi connectivity index (χ2n) is 7.16. The van der Waals surface area contributed by atoms with Crippen molar-refractivity contribution in [3.8, 4) is 0 Å². The third kappa shape index (κ3) is 4.55. The monoisotopic (exact) mass is 457 g/mol. The highest BCUT2D eigenvalue weighted by atomic mass is 35.5. The van der Waals surface area contributed by atoms with Crippen LogP contribution >= 0.6 is 11.6 Å². The second-order valence-corrected chi connectivity index (χ2v) is 7.60. The highest BCUT2D eigenvalue weighted by molar-refractivity contribution is 6.31. The maximum atomic E-state index is 13.7. The van der Waals surface area contributed by atoms with Crippen LogP contribution in [-0.4, -0.2) is 20.7 Å². The van der Waals surface area contributed by atoms with Crippen molar-refractivity contribution in [2.75, 3.05) is 0 Å². The molecule has 162 valence electrons. The summed E-state index contributed by atoms with van der Waals surface area (Å²) < 4.78 is 41.2. The summed E-state index contributed by atoms with van der Waals surface area (Å²) in [6.07, 6.45) is -1.02. The van der Waals surface area contributed by atoms with Crippen molar-refractivity contribution in [3.05, 3.63) is 105 Å². The van der Waals surface area contributed by atoms with Crippen LogP contribution in [-0.2, 0) is 6.18 Å². The molecule has 5 nitrogen and oxygen atoms in total. The van der Waals surface area contributed by atoms with Crippen LogP contribution in [0, 0.1) is 0 Å². The molecule has 0 aliphatic carbocycles. The number of aromatic amines is 1. The van der Waals surface area contributed by atoms with Crippen molar-refractivity contribution < 1.29 is 18.0 Å². The summed E-state index contributed by atoms with van der Waals surface area (Å²) in [6.45, 7) is 0. The fourth-order valence-corrected chi connectivity index (χ4v) is 3.69. The first kappa shape index (κ1) is 21.7. The smallest absolute Gasteiger partial charge is 0.328 e. The number of fused-ring (bicyclic) bond motifs is 1. The Morgan fingerprint density at radius 1 is 1.09 bits per heavy atom. The number of nitrogens with zero attached hydrogens (tertiary/aromatic N) is 2. The number of alkyl halides is 3. The van der Waals surface area contributed by atoms with Gasteiger partial charge in [0, 0.05) is 53.0 Å². The second kappa shape index (κ2) is 8.55. The Morgan fingerprint density at radius 2 is 1.91 bits per heavy atom. The molecule has 0 bridgehead atoms. The summed E-state index contributed by atoms with van der Waals surface area (Å²) in [7, 11) is 0. The van der Waals surface area contributed by atoms with Gasteiger partial charge in [0.25, 0.3) is 0 Å². The topological polar surface area (TPSA) is 75.7 Å². The molecule has 0 aliphatic heterocycles. The maximum Gasteiger partial charge on any atom is 0.418 e. The molecule has 4 rings (SSSR count). The quantitative estimate of drug-likeness (QED) is 0.407. The number of carbonyl (C=O) groups excluding carboxylic acids is 1. The molecule has 1 aromatic carbocycles. The summed E-state index contributed by atoms with van der Waals surface area (Å²) in [5.74, 6) is -1.47. The number of hydrogen-bond acceptors (Lipinski definition) is 4. The molecule has 0 spiro atoms. The zero-order valence-corrected chi connectivity index (χ0v) is 17.1. The van der Waals surface area contributed by atoms with Crippen molar-refractivity contribution in [2.24, 2.45) is 0 Å². The van der Waals surface area contributed by atoms with Gasteiger partial charge in [-0.1, -0.05) is 11.6 Å². The lowest BCUT2D eigenvalue weighted by Crippen LogP contribution is -2.18. The van der Waals surface area contributed by atoms with Crippen molar-refractivity contribution >= 4 is 28.3 Å². The Labute approximate surface area is 184 Å². The average Bonchev–Trinajstić information content (AvgIpc) is 2.76. The lowest BCUT2D eigenvalue weighted by atomic mass is 9.87. The number of carbonyl (C=O) groups is 1. The van der Waals surface area contributed by atoms with Crippen molar-refractivity contribution in [3.63, 3.8) is 0 Å². The Hall–Kier alpha value is -3.52. The van der Waals surface area contributed by atoms with Gasteiger partial charge in [-0.3, -0.25) is 19.6 Å². The molecule has 0 saturated carbocycles. The molecule has 1 N–H and O–H groups in total. The van der Waals surface area contributed by atoms with Crippen LogP contribution in [0.5, 0.6) is 0 Å². The number of hydrogen-bond donors (Lipinski definition) is 1. The number of nitrogens with one attached hydrogen (secondary N) is 1. The van der Waals surface area contributed by atoms with E-state index < -0.39 is 29.0 Å². The molecule has 32 heavy (non-hydrogen) atoms. The van der Waals surface area contributed by atoms with Crippen LogP contribution in [0.15, 0.2) is 71.9 Å². The van der Waals surface area contributed by atoms with Crippen LogP contribution in [0.25, 0.3) is 10.9 Å². The van der Waals surface area contributed by atoms with E-state index in [1.54, 1.807) is 24.3 Å². The number of aromatic nitrogens is 3. The molecule has 9 heteroatoms. The first-order chi connectivity index (χ1) is 15.2. The zero-order chi connectivity index (χ0) is 22.9. The third-order valence-corrected chi connectivity index (χ3v) is 5.27. The van der Waals surface area contributed by atoms with Gasteiger partial charge in [-0.25, -0.2) is 0 Å². The fourth-order valence-electron chi connectivity index (χ4n) is 3.50. The van der Waals surface area contributed by atoms with Gasteiger partial charge in [0.05, 0.1) is 16.8 Å². The standard InChI is InChI=1S/C23H15ClF3N3O2/c24-16-4-5-19-14(9-16)8-15(12-29-19)17(10-20(31)13-3-6-21(32)30-11-13)22-18(23(25,26)27)2-1-7-28-22/h1-9,11-12,17H,10H2,(H,30,32)/t17-/m0/s1. The molecule has 0 fully saturated rings. The fraction of sp³-hybridized carbons (Fsp3) is 0.130. The number of H-pyrrole nitrogens is 1. The van der Waals surface area contributed by atoms with E-state index in [9.17, 15) is 22.8 Å². The van der Waals surface area contributed by atoms with Crippen LogP contribution in [0.1, 0.15) is 39.5 Å². The molecule has 0 saturated heterocycles. The molecule has 0 radical (unpaired) electrons. The number of pyridine rings is 3. The van der Waals surface area contributed by atoms with Gasteiger partial charge in [-0.05, 0) is 48.0 Å². The highest BCUT2D eigenvalue weighted by Crippen LogP contribution is 2.38. The maximum absolute atomic E-state index is 13.7. The SMILES string of the molecule is O=C(C[C@@H](c1cnc2ccc(Cl)cc2c1)c1ncccc1C(F)(F)F)c1ccc(=O)[nH]c1. The van der Waals surface area contributed by atoms with Gasteiger partial charge in [0.1, 0.15) is 0 Å². The number of Topliss-reactive ketones (excluding diaryl/α,β-unsaturated/α-hetero) is 1. The molecule has 0 unspecified atom stereocenters. The van der Waals surface area contributed by atoms with E-state index in [1.165, 1.54) is 36.8 Å². The Kier molecular flexibility index (Phi) is 5.80. The van der Waals surface area contributed by atoms with Crippen molar-refractivity contribution in [2.45, 2.75) is 18.5 Å². The Bertz CT molecular complexity index is 1350. The van der Waals surface area contributed by atoms with Crippen LogP contribution in [0.3, 0.4) is 0 Å². The minimum Gasteiger partial charge on any atom is -0.328 e. The minimum atomic E-state index is -4.66. The van der Waals surface area contributed by atoms with E-state index in [2.05, 4.69) is 15.0 Å². The summed E-state index contributed by atoms with van der Waals surface area (Å²) in [5.41, 5.74) is -0.414. The van der Waals surface area contributed by atoms with Crippen LogP contribution in [0.2, 0.25) is 5.02 Å². The van der Waals surface area contributed by atoms with Crippen molar-refractivity contribution in [1.82, 2.24) is 15.0 Å². The summed E-state index contributed by atoms with van der Waals surface area (Å²) >= 11 is 6.06. The lowest BCUT2D eigenvalue weighted by Gasteiger charge is -2.21. The highest BCUT2D eigenvalue weighted by Gasteiger charge is 2.37. The average molecular weight is 458 g/mol. The van der Waals surface area contributed by atoms with E-state index in [-0.39, 0.29) is 17.7 Å². The molecule has 0 amide bonds. The van der Waals surface area contributed by atoms with Crippen LogP contribution < -0.4 is 5.56 Å². The van der Waals surface area contributed by atoms with Gasteiger partial charge >= 0.3 is 6.18 Å². The molecule has 3 heterocycles. The van der Waals surface area contributed by atoms with Crippen LogP contribution in [0.4, 0.5) is 13.2 Å². The lowest BCUT2D eigenvalue weighted by molar-refractivity contribution is -0.138. The molecule has 3 aromatic heterocycles. The van der Waals surface area contributed by atoms with Gasteiger partial charge in [0.2, 0.25) is 5.56 Å². The van der Waals surface area contributed by atoms with Gasteiger partial charge in [-0.15, -0.1) is 0 Å². The van der Waals surface area contributed by atoms with E-state index in [0.29, 0.717) is 21.5 Å². The van der Waals surface area contributed by atoms with Crippen molar-refractivity contribution in [1.29, 1.82) is 0 Å².